The second-order valence-electron chi connectivity index (χ2n) is 6.65. The van der Waals surface area contributed by atoms with Crippen molar-refractivity contribution >= 4 is 22.5 Å². The van der Waals surface area contributed by atoms with E-state index in [0.717, 1.165) is 29.2 Å². The summed E-state index contributed by atoms with van der Waals surface area (Å²) in [5, 5.41) is 18.5. The number of anilines is 1. The van der Waals surface area contributed by atoms with Crippen LogP contribution in [0.3, 0.4) is 0 Å². The Bertz CT molecular complexity index is 979. The van der Waals surface area contributed by atoms with Gasteiger partial charge in [0.15, 0.2) is 0 Å². The molecule has 1 fully saturated rings. The lowest BCUT2D eigenvalue weighted by Crippen LogP contribution is -2.28. The van der Waals surface area contributed by atoms with Crippen molar-refractivity contribution in [2.45, 2.75) is 19.4 Å². The second kappa shape index (κ2) is 7.42. The van der Waals surface area contributed by atoms with Gasteiger partial charge >= 0.3 is 0 Å². The zero-order valence-electron chi connectivity index (χ0n) is 15.1. The standard InChI is InChI=1S/C19H21N5O3/c1-24-17(11-25)15(10-22-24)16-6-13-7-18(21-9-14(13)8-20-16)23-19(26)12-2-4-27-5-3-12/h6-10,12,25H,2-5,11H2,1H3,(H,21,23,26). The molecule has 0 aliphatic carbocycles. The van der Waals surface area contributed by atoms with E-state index in [0.29, 0.717) is 30.4 Å². The van der Waals surface area contributed by atoms with Crippen LogP contribution in [0.2, 0.25) is 0 Å². The summed E-state index contributed by atoms with van der Waals surface area (Å²) in [4.78, 5) is 21.2. The van der Waals surface area contributed by atoms with E-state index in [1.165, 1.54) is 0 Å². The summed E-state index contributed by atoms with van der Waals surface area (Å²) in [5.74, 6) is 0.464. The van der Waals surface area contributed by atoms with Gasteiger partial charge in [0.1, 0.15) is 5.82 Å². The number of pyridine rings is 2. The maximum atomic E-state index is 12.4. The van der Waals surface area contributed by atoms with E-state index in [2.05, 4.69) is 20.4 Å². The maximum absolute atomic E-state index is 12.4. The zero-order valence-corrected chi connectivity index (χ0v) is 15.1. The molecule has 0 unspecified atom stereocenters. The molecule has 0 radical (unpaired) electrons. The van der Waals surface area contributed by atoms with Crippen LogP contribution in [-0.2, 0) is 23.2 Å². The van der Waals surface area contributed by atoms with Crippen LogP contribution in [0.4, 0.5) is 5.82 Å². The summed E-state index contributed by atoms with van der Waals surface area (Å²) in [6.45, 7) is 1.13. The fraction of sp³-hybridized carbons (Fsp3) is 0.368. The van der Waals surface area contributed by atoms with Crippen LogP contribution in [0, 0.1) is 5.92 Å². The molecule has 4 rings (SSSR count). The Hall–Kier alpha value is -2.84. The number of carbonyl (C=O) groups excluding carboxylic acids is 1. The third-order valence-electron chi connectivity index (χ3n) is 4.93. The number of aromatic nitrogens is 4. The van der Waals surface area contributed by atoms with E-state index in [4.69, 9.17) is 4.74 Å². The van der Waals surface area contributed by atoms with Gasteiger partial charge in [0, 0.05) is 49.5 Å². The normalized spacial score (nSPS) is 15.2. The van der Waals surface area contributed by atoms with Gasteiger partial charge in [-0.05, 0) is 30.4 Å². The Morgan fingerprint density at radius 2 is 2.00 bits per heavy atom. The van der Waals surface area contributed by atoms with Crippen LogP contribution in [0.5, 0.6) is 0 Å². The molecule has 27 heavy (non-hydrogen) atoms. The average molecular weight is 367 g/mol. The van der Waals surface area contributed by atoms with Crippen LogP contribution >= 0.6 is 0 Å². The van der Waals surface area contributed by atoms with E-state index in [-0.39, 0.29) is 18.4 Å². The molecule has 3 aromatic heterocycles. The van der Waals surface area contributed by atoms with Crippen molar-refractivity contribution < 1.29 is 14.6 Å². The third-order valence-corrected chi connectivity index (χ3v) is 4.93. The van der Waals surface area contributed by atoms with Gasteiger partial charge in [-0.1, -0.05) is 0 Å². The van der Waals surface area contributed by atoms with Crippen molar-refractivity contribution in [3.63, 3.8) is 0 Å². The number of nitrogens with one attached hydrogen (secondary N) is 1. The van der Waals surface area contributed by atoms with E-state index < -0.39 is 0 Å². The van der Waals surface area contributed by atoms with Crippen molar-refractivity contribution in [3.05, 3.63) is 36.4 Å². The number of ether oxygens (including phenoxy) is 1. The topological polar surface area (TPSA) is 102 Å². The fourth-order valence-electron chi connectivity index (χ4n) is 3.31. The minimum atomic E-state index is -0.117. The molecular weight excluding hydrogens is 346 g/mol. The molecule has 2 N–H and O–H groups in total. The smallest absolute Gasteiger partial charge is 0.228 e. The number of aryl methyl sites for hydroxylation is 1. The highest BCUT2D eigenvalue weighted by atomic mass is 16.5. The molecule has 1 aliphatic rings. The molecule has 0 spiro atoms. The molecule has 1 amide bonds. The molecule has 1 aliphatic heterocycles. The molecule has 0 bridgehead atoms. The van der Waals surface area contributed by atoms with Gasteiger partial charge in [-0.2, -0.15) is 5.10 Å². The second-order valence-corrected chi connectivity index (χ2v) is 6.65. The molecule has 8 heteroatoms. The summed E-state index contributed by atoms with van der Waals surface area (Å²) >= 11 is 0. The number of nitrogens with zero attached hydrogens (tertiary/aromatic N) is 4. The first-order chi connectivity index (χ1) is 13.2. The monoisotopic (exact) mass is 367 g/mol. The lowest BCUT2D eigenvalue weighted by molar-refractivity contribution is -0.122. The van der Waals surface area contributed by atoms with Gasteiger partial charge in [0.2, 0.25) is 5.91 Å². The van der Waals surface area contributed by atoms with Gasteiger partial charge in [0.25, 0.3) is 0 Å². The summed E-state index contributed by atoms with van der Waals surface area (Å²) in [5.41, 5.74) is 2.20. The highest BCUT2D eigenvalue weighted by Gasteiger charge is 2.22. The van der Waals surface area contributed by atoms with Gasteiger partial charge in [-0.25, -0.2) is 4.98 Å². The Balaban J connectivity index is 1.62. The van der Waals surface area contributed by atoms with Crippen LogP contribution in [0.1, 0.15) is 18.5 Å². The number of fused-ring (bicyclic) bond motifs is 1. The Labute approximate surface area is 156 Å². The number of hydrogen-bond acceptors (Lipinski definition) is 6. The fourth-order valence-corrected chi connectivity index (χ4v) is 3.31. The number of carbonyl (C=O) groups is 1. The van der Waals surface area contributed by atoms with Gasteiger partial charge in [0.05, 0.1) is 24.2 Å². The third kappa shape index (κ3) is 3.54. The molecular formula is C19H21N5O3. The van der Waals surface area contributed by atoms with Crippen molar-refractivity contribution in [1.82, 2.24) is 19.7 Å². The quantitative estimate of drug-likeness (QED) is 0.730. The number of hydrogen-bond donors (Lipinski definition) is 2. The molecule has 0 saturated carbocycles. The summed E-state index contributed by atoms with van der Waals surface area (Å²) in [6, 6.07) is 3.75. The first-order valence-corrected chi connectivity index (χ1v) is 8.92. The molecule has 1 saturated heterocycles. The molecule has 8 nitrogen and oxygen atoms in total. The average Bonchev–Trinajstić information content (AvgIpc) is 3.08. The summed E-state index contributed by atoms with van der Waals surface area (Å²) in [6.07, 6.45) is 6.59. The predicted octanol–water partition coefficient (Wildman–Crippen LogP) is 1.89. The zero-order chi connectivity index (χ0) is 18.8. The Morgan fingerprint density at radius 3 is 2.78 bits per heavy atom. The van der Waals surface area contributed by atoms with Gasteiger partial charge in [-0.3, -0.25) is 14.5 Å². The van der Waals surface area contributed by atoms with Crippen molar-refractivity contribution in [1.29, 1.82) is 0 Å². The predicted molar refractivity (Wildman–Crippen MR) is 99.8 cm³/mol. The summed E-state index contributed by atoms with van der Waals surface area (Å²) in [7, 11) is 1.78. The highest BCUT2D eigenvalue weighted by molar-refractivity contribution is 5.94. The summed E-state index contributed by atoms with van der Waals surface area (Å²) < 4.78 is 6.94. The lowest BCUT2D eigenvalue weighted by Gasteiger charge is -2.21. The van der Waals surface area contributed by atoms with Crippen molar-refractivity contribution in [2.24, 2.45) is 13.0 Å². The van der Waals surface area contributed by atoms with E-state index in [1.807, 2.05) is 12.1 Å². The van der Waals surface area contributed by atoms with Crippen LogP contribution < -0.4 is 5.32 Å². The SMILES string of the molecule is Cn1ncc(-c2cc3cc(NC(=O)C4CCOCC4)ncc3cn2)c1CO. The largest absolute Gasteiger partial charge is 0.390 e. The number of aliphatic hydroxyl groups excluding tert-OH is 1. The Morgan fingerprint density at radius 1 is 1.22 bits per heavy atom. The van der Waals surface area contributed by atoms with Crippen molar-refractivity contribution in [3.8, 4) is 11.3 Å². The van der Waals surface area contributed by atoms with E-state index in [1.54, 1.807) is 30.3 Å². The molecule has 140 valence electrons. The molecule has 4 heterocycles. The van der Waals surface area contributed by atoms with E-state index in [9.17, 15) is 9.90 Å². The lowest BCUT2D eigenvalue weighted by atomic mass is 9.99. The first kappa shape index (κ1) is 17.6. The number of amides is 1. The maximum Gasteiger partial charge on any atom is 0.228 e. The number of aliphatic hydroxyl groups is 1. The van der Waals surface area contributed by atoms with Crippen molar-refractivity contribution in [2.75, 3.05) is 18.5 Å². The van der Waals surface area contributed by atoms with Gasteiger partial charge in [-0.15, -0.1) is 0 Å². The Kier molecular flexibility index (Phi) is 4.83. The molecule has 0 aromatic carbocycles. The molecule has 3 aromatic rings. The van der Waals surface area contributed by atoms with Crippen LogP contribution in [0.25, 0.3) is 22.0 Å². The highest BCUT2D eigenvalue weighted by Crippen LogP contribution is 2.26. The van der Waals surface area contributed by atoms with E-state index >= 15 is 0 Å². The van der Waals surface area contributed by atoms with Crippen LogP contribution in [-0.4, -0.2) is 44.0 Å². The van der Waals surface area contributed by atoms with Gasteiger partial charge < -0.3 is 15.2 Å². The molecule has 0 atom stereocenters. The minimum absolute atomic E-state index is 0.0192. The first-order valence-electron chi connectivity index (χ1n) is 8.92. The number of rotatable bonds is 4. The van der Waals surface area contributed by atoms with Crippen LogP contribution in [0.15, 0.2) is 30.7 Å². The minimum Gasteiger partial charge on any atom is -0.390 e.